The fourth-order valence-corrected chi connectivity index (χ4v) is 4.47. The molecule has 0 radical (unpaired) electrons. The molecule has 0 spiro atoms. The summed E-state index contributed by atoms with van der Waals surface area (Å²) in [6.07, 6.45) is 1.10. The van der Waals surface area contributed by atoms with Gasteiger partial charge in [0.25, 0.3) is 5.91 Å². The summed E-state index contributed by atoms with van der Waals surface area (Å²) in [5, 5.41) is 0. The summed E-state index contributed by atoms with van der Waals surface area (Å²) in [6, 6.07) is 11.1. The maximum Gasteiger partial charge on any atom is 0.279 e. The smallest absolute Gasteiger partial charge is 0.279 e. The minimum Gasteiger partial charge on any atom is -0.314 e. The second-order valence-corrected chi connectivity index (χ2v) is 7.72. The van der Waals surface area contributed by atoms with Crippen LogP contribution >= 0.6 is 11.3 Å². The Balaban J connectivity index is 1.77. The van der Waals surface area contributed by atoms with Crippen LogP contribution in [0.3, 0.4) is 0 Å². The van der Waals surface area contributed by atoms with E-state index in [1.165, 1.54) is 23.5 Å². The number of thiazole rings is 1. The van der Waals surface area contributed by atoms with Gasteiger partial charge in [0.2, 0.25) is 11.8 Å². The summed E-state index contributed by atoms with van der Waals surface area (Å²) in [7, 11) is 0. The van der Waals surface area contributed by atoms with E-state index < -0.39 is 5.91 Å². The Bertz CT molecular complexity index is 1200. The van der Waals surface area contributed by atoms with Crippen molar-refractivity contribution in [2.24, 2.45) is 4.99 Å². The number of fused-ring (bicyclic) bond motifs is 1. The predicted molar refractivity (Wildman–Crippen MR) is 108 cm³/mol. The van der Waals surface area contributed by atoms with E-state index in [1.807, 2.05) is 6.92 Å². The monoisotopic (exact) mass is 411 g/mol. The van der Waals surface area contributed by atoms with Crippen LogP contribution in [0.2, 0.25) is 0 Å². The van der Waals surface area contributed by atoms with Crippen molar-refractivity contribution in [2.75, 3.05) is 4.90 Å². The lowest BCUT2D eigenvalue weighted by Gasteiger charge is -2.14. The Morgan fingerprint density at radius 3 is 2.59 bits per heavy atom. The van der Waals surface area contributed by atoms with Crippen LogP contribution < -0.4 is 9.70 Å². The molecular formula is C21H18FN3O3S. The molecule has 0 unspecified atom stereocenters. The molecule has 0 saturated carbocycles. The number of benzene rings is 2. The molecule has 8 heteroatoms. The van der Waals surface area contributed by atoms with Crippen LogP contribution in [-0.2, 0) is 16.1 Å². The average molecular weight is 411 g/mol. The topological polar surface area (TPSA) is 71.7 Å². The maximum absolute atomic E-state index is 14.3. The minimum absolute atomic E-state index is 0.172. The summed E-state index contributed by atoms with van der Waals surface area (Å²) in [5.41, 5.74) is 1.06. The van der Waals surface area contributed by atoms with Gasteiger partial charge in [-0.25, -0.2) is 4.39 Å². The van der Waals surface area contributed by atoms with Gasteiger partial charge in [-0.1, -0.05) is 30.4 Å². The number of nitrogens with zero attached hydrogens (tertiary/aromatic N) is 3. The molecule has 3 aromatic rings. The summed E-state index contributed by atoms with van der Waals surface area (Å²) in [6.45, 7) is 2.50. The van der Waals surface area contributed by atoms with E-state index in [2.05, 4.69) is 4.99 Å². The van der Waals surface area contributed by atoms with Gasteiger partial charge in [0.05, 0.1) is 15.9 Å². The normalized spacial score (nSPS) is 15.0. The van der Waals surface area contributed by atoms with Crippen molar-refractivity contribution in [3.8, 4) is 0 Å². The van der Waals surface area contributed by atoms with E-state index in [4.69, 9.17) is 0 Å². The third kappa shape index (κ3) is 3.51. The highest BCUT2D eigenvalue weighted by atomic mass is 32.1. The highest BCUT2D eigenvalue weighted by Crippen LogP contribution is 2.24. The molecule has 0 N–H and O–H groups in total. The zero-order valence-electron chi connectivity index (χ0n) is 15.7. The molecule has 6 nitrogen and oxygen atoms in total. The van der Waals surface area contributed by atoms with E-state index in [0.717, 1.165) is 11.3 Å². The number of hydrogen-bond donors (Lipinski definition) is 0. The number of rotatable bonds is 4. The molecule has 3 amide bonds. The quantitative estimate of drug-likeness (QED) is 0.616. The highest BCUT2D eigenvalue weighted by molar-refractivity contribution is 7.16. The number of anilines is 1. The molecule has 1 saturated heterocycles. The number of carbonyl (C=O) groups is 3. The summed E-state index contributed by atoms with van der Waals surface area (Å²) in [4.78, 5) is 42.5. The van der Waals surface area contributed by atoms with Gasteiger partial charge in [-0.05, 0) is 36.8 Å². The molecule has 2 heterocycles. The molecule has 1 aliphatic rings. The van der Waals surface area contributed by atoms with Gasteiger partial charge < -0.3 is 4.57 Å². The first-order chi connectivity index (χ1) is 14.0. The molecule has 0 bridgehead atoms. The molecule has 4 rings (SSSR count). The maximum atomic E-state index is 14.3. The number of para-hydroxylation sites is 1. The Hall–Kier alpha value is -3.13. The largest absolute Gasteiger partial charge is 0.314 e. The van der Waals surface area contributed by atoms with E-state index in [0.29, 0.717) is 27.3 Å². The van der Waals surface area contributed by atoms with Crippen molar-refractivity contribution >= 4 is 45.0 Å². The number of amides is 3. The van der Waals surface area contributed by atoms with E-state index in [-0.39, 0.29) is 36.0 Å². The van der Waals surface area contributed by atoms with Crippen LogP contribution in [-0.4, -0.2) is 22.3 Å². The van der Waals surface area contributed by atoms with Gasteiger partial charge in [-0.3, -0.25) is 19.3 Å². The Kier molecular flexibility index (Phi) is 5.10. The van der Waals surface area contributed by atoms with E-state index >= 15 is 0 Å². The molecule has 2 aromatic carbocycles. The molecule has 0 aliphatic carbocycles. The van der Waals surface area contributed by atoms with Crippen LogP contribution in [0.4, 0.5) is 10.1 Å². The van der Waals surface area contributed by atoms with Gasteiger partial charge in [0, 0.05) is 24.9 Å². The standard InChI is InChI=1S/C21H18FN3O3S/c1-2-11-24-19-15(22)7-4-8-16(19)29-21(24)23-20(28)13-5-3-6-14(12-13)25-17(26)9-10-18(25)27/h3-8,12H,2,9-11H2,1H3. The first kappa shape index (κ1) is 19.2. The van der Waals surface area contributed by atoms with Gasteiger partial charge in [-0.2, -0.15) is 4.99 Å². The van der Waals surface area contributed by atoms with Crippen LogP contribution in [0.1, 0.15) is 36.5 Å². The Morgan fingerprint density at radius 1 is 1.14 bits per heavy atom. The van der Waals surface area contributed by atoms with E-state index in [9.17, 15) is 18.8 Å². The van der Waals surface area contributed by atoms with Crippen LogP contribution in [0, 0.1) is 5.82 Å². The van der Waals surface area contributed by atoms with Gasteiger partial charge in [-0.15, -0.1) is 0 Å². The second kappa shape index (κ2) is 7.71. The molecular weight excluding hydrogens is 393 g/mol. The first-order valence-corrected chi connectivity index (χ1v) is 10.1. The molecule has 1 aromatic heterocycles. The van der Waals surface area contributed by atoms with Crippen molar-refractivity contribution in [3.63, 3.8) is 0 Å². The van der Waals surface area contributed by atoms with Crippen molar-refractivity contribution in [1.29, 1.82) is 0 Å². The predicted octanol–water partition coefficient (Wildman–Crippen LogP) is 3.65. The number of halogens is 1. The minimum atomic E-state index is -0.511. The summed E-state index contributed by atoms with van der Waals surface area (Å²) in [5.74, 6) is -1.42. The SMILES string of the molecule is CCCn1c(=NC(=O)c2cccc(N3C(=O)CCC3=O)c2)sc2cccc(F)c21. The van der Waals surface area contributed by atoms with Crippen LogP contribution in [0.25, 0.3) is 10.2 Å². The zero-order valence-corrected chi connectivity index (χ0v) is 16.5. The van der Waals surface area contributed by atoms with Crippen molar-refractivity contribution in [3.05, 3.63) is 58.6 Å². The molecule has 148 valence electrons. The van der Waals surface area contributed by atoms with Crippen molar-refractivity contribution < 1.29 is 18.8 Å². The van der Waals surface area contributed by atoms with Crippen molar-refractivity contribution in [2.45, 2.75) is 32.7 Å². The second-order valence-electron chi connectivity index (χ2n) is 6.71. The third-order valence-corrected chi connectivity index (χ3v) is 5.74. The first-order valence-electron chi connectivity index (χ1n) is 9.32. The van der Waals surface area contributed by atoms with Crippen molar-refractivity contribution in [1.82, 2.24) is 4.57 Å². The fraction of sp³-hybridized carbons (Fsp3) is 0.238. The number of imide groups is 1. The van der Waals surface area contributed by atoms with Crippen LogP contribution in [0.5, 0.6) is 0 Å². The lowest BCUT2D eigenvalue weighted by Crippen LogP contribution is -2.28. The Morgan fingerprint density at radius 2 is 1.86 bits per heavy atom. The average Bonchev–Trinajstić information content (AvgIpc) is 3.22. The van der Waals surface area contributed by atoms with Gasteiger partial charge in [0.15, 0.2) is 4.80 Å². The van der Waals surface area contributed by atoms with Gasteiger partial charge >= 0.3 is 0 Å². The van der Waals surface area contributed by atoms with Gasteiger partial charge in [0.1, 0.15) is 5.82 Å². The lowest BCUT2D eigenvalue weighted by molar-refractivity contribution is -0.121. The molecule has 1 fully saturated rings. The summed E-state index contributed by atoms with van der Waals surface area (Å²) < 4.78 is 16.8. The number of aryl methyl sites for hydroxylation is 1. The highest BCUT2D eigenvalue weighted by Gasteiger charge is 2.30. The molecule has 1 aliphatic heterocycles. The Labute approximate surface area is 169 Å². The lowest BCUT2D eigenvalue weighted by atomic mass is 10.2. The number of aromatic nitrogens is 1. The summed E-state index contributed by atoms with van der Waals surface area (Å²) >= 11 is 1.25. The van der Waals surface area contributed by atoms with Crippen LogP contribution in [0.15, 0.2) is 47.5 Å². The number of hydrogen-bond acceptors (Lipinski definition) is 4. The fourth-order valence-electron chi connectivity index (χ4n) is 3.40. The van der Waals surface area contributed by atoms with E-state index in [1.54, 1.807) is 34.9 Å². The molecule has 29 heavy (non-hydrogen) atoms. The third-order valence-electron chi connectivity index (χ3n) is 4.70. The molecule has 0 atom stereocenters. The number of carbonyl (C=O) groups excluding carboxylic acids is 3. The zero-order chi connectivity index (χ0) is 20.5.